The summed E-state index contributed by atoms with van der Waals surface area (Å²) in [4.78, 5) is 28.3. The Labute approximate surface area is 125 Å². The van der Waals surface area contributed by atoms with E-state index in [1.54, 1.807) is 17.0 Å². The van der Waals surface area contributed by atoms with E-state index < -0.39 is 5.82 Å². The van der Waals surface area contributed by atoms with E-state index in [1.807, 2.05) is 0 Å². The van der Waals surface area contributed by atoms with Crippen LogP contribution in [0.15, 0.2) is 28.9 Å². The molecule has 2 saturated heterocycles. The first-order valence-electron chi connectivity index (χ1n) is 7.49. The van der Waals surface area contributed by atoms with Gasteiger partial charge in [0.25, 0.3) is 5.91 Å². The van der Waals surface area contributed by atoms with Gasteiger partial charge in [-0.1, -0.05) is 6.07 Å². The van der Waals surface area contributed by atoms with Crippen molar-refractivity contribution in [2.75, 3.05) is 4.90 Å². The first-order valence-corrected chi connectivity index (χ1v) is 7.49. The highest BCUT2D eigenvalue weighted by Gasteiger charge is 2.59. The van der Waals surface area contributed by atoms with Crippen LogP contribution in [0.3, 0.4) is 0 Å². The van der Waals surface area contributed by atoms with Gasteiger partial charge in [-0.25, -0.2) is 14.1 Å². The molecule has 3 amide bonds. The summed E-state index contributed by atoms with van der Waals surface area (Å²) in [5.74, 6) is -0.436. The van der Waals surface area contributed by atoms with Crippen molar-refractivity contribution in [3.05, 3.63) is 30.3 Å². The molecule has 5 nitrogen and oxygen atoms in total. The molecule has 0 N–H and O–H groups in total. The summed E-state index contributed by atoms with van der Waals surface area (Å²) in [6, 6.07) is 4.04. The molecule has 1 aromatic carbocycles. The second kappa shape index (κ2) is 3.88. The van der Waals surface area contributed by atoms with E-state index in [-0.39, 0.29) is 35.5 Å². The predicted molar refractivity (Wildman–Crippen MR) is 75.8 cm³/mol. The van der Waals surface area contributed by atoms with E-state index in [9.17, 15) is 14.0 Å². The molecule has 1 aliphatic carbocycles. The summed E-state index contributed by atoms with van der Waals surface area (Å²) in [6.45, 7) is 0. The Bertz CT molecular complexity index is 802. The van der Waals surface area contributed by atoms with E-state index in [1.165, 1.54) is 17.2 Å². The van der Waals surface area contributed by atoms with E-state index in [0.29, 0.717) is 11.1 Å². The van der Waals surface area contributed by atoms with Gasteiger partial charge in [0, 0.05) is 11.4 Å². The normalized spacial score (nSPS) is 30.0. The maximum atomic E-state index is 13.8. The molecule has 5 rings (SSSR count). The second-order valence-corrected chi connectivity index (χ2v) is 6.27. The third kappa shape index (κ3) is 1.28. The number of carbonyl (C=O) groups excluding carboxylic acids is 2. The number of imide groups is 1. The van der Waals surface area contributed by atoms with E-state index in [4.69, 9.17) is 4.42 Å². The largest absolute Gasteiger partial charge is 0.459 e. The number of halogens is 1. The highest BCUT2D eigenvalue weighted by atomic mass is 19.1. The van der Waals surface area contributed by atoms with Crippen LogP contribution in [0.1, 0.15) is 19.3 Å². The van der Waals surface area contributed by atoms with Gasteiger partial charge in [0.05, 0.1) is 5.69 Å². The van der Waals surface area contributed by atoms with Gasteiger partial charge in [0.2, 0.25) is 0 Å². The van der Waals surface area contributed by atoms with Crippen molar-refractivity contribution in [1.29, 1.82) is 0 Å². The van der Waals surface area contributed by atoms with Gasteiger partial charge in [-0.2, -0.15) is 0 Å². The van der Waals surface area contributed by atoms with Crippen molar-refractivity contribution in [2.24, 2.45) is 5.92 Å². The van der Waals surface area contributed by atoms with Crippen LogP contribution >= 0.6 is 0 Å². The number of benzene rings is 1. The summed E-state index contributed by atoms with van der Waals surface area (Å²) in [7, 11) is 0. The average Bonchev–Trinajstić information content (AvgIpc) is 3.23. The number of piperidine rings is 1. The van der Waals surface area contributed by atoms with Crippen LogP contribution in [0, 0.1) is 11.7 Å². The van der Waals surface area contributed by atoms with Crippen LogP contribution in [-0.4, -0.2) is 28.9 Å². The summed E-state index contributed by atoms with van der Waals surface area (Å²) in [6.07, 6.45) is 4.19. The minimum Gasteiger partial charge on any atom is -0.459 e. The zero-order valence-electron chi connectivity index (χ0n) is 11.7. The maximum Gasteiger partial charge on any atom is 0.332 e. The first kappa shape index (κ1) is 12.2. The first-order chi connectivity index (χ1) is 10.7. The van der Waals surface area contributed by atoms with Crippen LogP contribution in [0.25, 0.3) is 11.0 Å². The number of carbonyl (C=O) groups is 2. The lowest BCUT2D eigenvalue weighted by molar-refractivity contribution is -0.120. The van der Waals surface area contributed by atoms with Crippen molar-refractivity contribution in [2.45, 2.75) is 31.3 Å². The van der Waals surface area contributed by atoms with Crippen molar-refractivity contribution >= 4 is 28.6 Å². The van der Waals surface area contributed by atoms with Crippen molar-refractivity contribution in [3.63, 3.8) is 0 Å². The van der Waals surface area contributed by atoms with E-state index in [2.05, 4.69) is 0 Å². The molecule has 3 fully saturated rings. The van der Waals surface area contributed by atoms with Gasteiger partial charge >= 0.3 is 6.03 Å². The molecule has 3 atom stereocenters. The predicted octanol–water partition coefficient (Wildman–Crippen LogP) is 2.89. The molecule has 0 spiro atoms. The Hall–Kier alpha value is -2.37. The van der Waals surface area contributed by atoms with Crippen molar-refractivity contribution < 1.29 is 18.4 Å². The number of amides is 3. The van der Waals surface area contributed by atoms with Gasteiger partial charge in [-0.15, -0.1) is 0 Å². The highest BCUT2D eigenvalue weighted by molar-refractivity contribution is 6.24. The molecule has 3 aliphatic rings. The van der Waals surface area contributed by atoms with Crippen LogP contribution in [0.2, 0.25) is 0 Å². The summed E-state index contributed by atoms with van der Waals surface area (Å²) in [5, 5.41) is 0.454. The number of hydrogen-bond donors (Lipinski definition) is 0. The minimum absolute atomic E-state index is 0.0770. The fraction of sp³-hybridized carbons (Fsp3) is 0.375. The number of anilines is 1. The number of fused-ring (bicyclic) bond motifs is 6. The number of nitrogens with zero attached hydrogens (tertiary/aromatic N) is 2. The quantitative estimate of drug-likeness (QED) is 0.761. The smallest absolute Gasteiger partial charge is 0.332 e. The Morgan fingerprint density at radius 3 is 2.91 bits per heavy atom. The topological polar surface area (TPSA) is 53.8 Å². The monoisotopic (exact) mass is 300 g/mol. The summed E-state index contributed by atoms with van der Waals surface area (Å²) >= 11 is 0. The summed E-state index contributed by atoms with van der Waals surface area (Å²) < 4.78 is 19.0. The molecule has 112 valence electrons. The molecule has 22 heavy (non-hydrogen) atoms. The minimum atomic E-state index is -0.497. The van der Waals surface area contributed by atoms with Crippen LogP contribution in [0.5, 0.6) is 0 Å². The Kier molecular flexibility index (Phi) is 2.15. The molecule has 1 saturated carbocycles. The second-order valence-electron chi connectivity index (χ2n) is 6.27. The fourth-order valence-electron chi connectivity index (χ4n) is 4.33. The lowest BCUT2D eigenvalue weighted by Crippen LogP contribution is -2.40. The molecule has 2 aromatic rings. The van der Waals surface area contributed by atoms with Crippen LogP contribution in [-0.2, 0) is 4.79 Å². The maximum absolute atomic E-state index is 13.8. The van der Waals surface area contributed by atoms with Gasteiger partial charge in [0.15, 0.2) is 11.4 Å². The number of para-hydroxylation sites is 1. The SMILES string of the molecule is O=C1[C@@H]2C3CCC(C3)N2C(=O)N1c1coc2c(F)cccc12. The van der Waals surface area contributed by atoms with Crippen LogP contribution < -0.4 is 4.90 Å². The zero-order chi connectivity index (χ0) is 15.0. The Balaban J connectivity index is 1.65. The zero-order valence-corrected chi connectivity index (χ0v) is 11.7. The molecule has 6 heteroatoms. The molecule has 2 bridgehead atoms. The highest BCUT2D eigenvalue weighted by Crippen LogP contribution is 2.48. The molecule has 2 aliphatic heterocycles. The lowest BCUT2D eigenvalue weighted by atomic mass is 9.99. The van der Waals surface area contributed by atoms with Gasteiger partial charge in [0.1, 0.15) is 12.3 Å². The lowest BCUT2D eigenvalue weighted by Gasteiger charge is -2.25. The van der Waals surface area contributed by atoms with Crippen molar-refractivity contribution in [3.8, 4) is 0 Å². The van der Waals surface area contributed by atoms with Gasteiger partial charge in [-0.05, 0) is 37.3 Å². The van der Waals surface area contributed by atoms with E-state index in [0.717, 1.165) is 19.3 Å². The molecular formula is C16H13FN2O3. The molecule has 1 aromatic heterocycles. The molecule has 0 radical (unpaired) electrons. The number of urea groups is 1. The van der Waals surface area contributed by atoms with E-state index >= 15 is 0 Å². The standard InChI is InChI=1S/C16H13FN2O3/c17-11-3-1-2-10-12(7-22-14(10)11)19-15(20)13-8-4-5-9(6-8)18(13)16(19)21/h1-3,7-9,13H,4-6H2/t8?,9?,13-/m0/s1. The molecule has 3 heterocycles. The third-order valence-electron chi connectivity index (χ3n) is 5.24. The van der Waals surface area contributed by atoms with Crippen molar-refractivity contribution in [1.82, 2.24) is 4.90 Å². The Morgan fingerprint density at radius 2 is 2.09 bits per heavy atom. The van der Waals surface area contributed by atoms with Gasteiger partial charge < -0.3 is 9.32 Å². The fourth-order valence-corrected chi connectivity index (χ4v) is 4.33. The Morgan fingerprint density at radius 1 is 1.23 bits per heavy atom. The van der Waals surface area contributed by atoms with Crippen LogP contribution in [0.4, 0.5) is 14.9 Å². The third-order valence-corrected chi connectivity index (χ3v) is 5.24. The molecule has 2 unspecified atom stereocenters. The number of rotatable bonds is 1. The number of furan rings is 1. The number of hydrogen-bond acceptors (Lipinski definition) is 3. The summed E-state index contributed by atoms with van der Waals surface area (Å²) in [5.41, 5.74) is 0.423. The average molecular weight is 300 g/mol. The van der Waals surface area contributed by atoms with Gasteiger partial charge in [-0.3, -0.25) is 4.79 Å². The molecular weight excluding hydrogens is 287 g/mol.